The fourth-order valence-electron chi connectivity index (χ4n) is 13.1. The topological polar surface area (TPSA) is 99.1 Å². The SMILES string of the molecule is C=C(C)[C@@H]1CC[C@]2(C(=O)OCCOC)CC[C@]3(C)[C@H](CC[C@@H]4[C@@]5(C)CC[C@H](OC(=O)CC(C)(C)CC(=O)O)C(C)(C)[C@@H]5CC[C@]43C)[C@@H]12. The molecule has 0 heterocycles. The van der Waals surface area contributed by atoms with Crippen LogP contribution in [0.4, 0.5) is 0 Å². The summed E-state index contributed by atoms with van der Waals surface area (Å²) in [5, 5.41) is 9.31. The van der Waals surface area contributed by atoms with Crippen LogP contribution in [0.1, 0.15) is 132 Å². The quantitative estimate of drug-likeness (QED) is 0.143. The summed E-state index contributed by atoms with van der Waals surface area (Å²) in [6, 6.07) is 0. The van der Waals surface area contributed by atoms with E-state index in [1.165, 1.54) is 12.0 Å². The van der Waals surface area contributed by atoms with Crippen LogP contribution in [0, 0.1) is 62.1 Å². The molecule has 10 atom stereocenters. The van der Waals surface area contributed by atoms with Crippen LogP contribution in [0.15, 0.2) is 12.2 Å². The standard InChI is InChI=1S/C40H64O7/c1-25(2)26-13-18-40(34(44)46-22-21-45-10)20-19-38(8)27(33(26)40)11-12-29-37(7)16-15-30(36(5,6)28(37)14-17-39(29,38)9)47-32(43)24-35(3,4)23-31(41)42/h26-30,33H,1,11-24H2,2-10H3,(H,41,42)/t26-,27+,28-,29+,30-,33+,37-,38+,39+,40-/m0/s1. The normalized spacial score (nSPS) is 42.2. The first-order valence-corrected chi connectivity index (χ1v) is 18.5. The molecule has 0 aliphatic heterocycles. The molecule has 5 fully saturated rings. The largest absolute Gasteiger partial charge is 0.481 e. The van der Waals surface area contributed by atoms with Crippen molar-refractivity contribution in [3.8, 4) is 0 Å². The van der Waals surface area contributed by atoms with Gasteiger partial charge in [0.2, 0.25) is 0 Å². The highest BCUT2D eigenvalue weighted by Crippen LogP contribution is 2.77. The predicted molar refractivity (Wildman–Crippen MR) is 182 cm³/mol. The van der Waals surface area contributed by atoms with Crippen molar-refractivity contribution >= 4 is 17.9 Å². The molecule has 5 rings (SSSR count). The number of hydrogen-bond acceptors (Lipinski definition) is 6. The maximum absolute atomic E-state index is 14.0. The third-order valence-electron chi connectivity index (χ3n) is 15.5. The number of fused-ring (bicyclic) bond motifs is 7. The Hall–Kier alpha value is -1.89. The van der Waals surface area contributed by atoms with Crippen molar-refractivity contribution in [1.29, 1.82) is 0 Å². The summed E-state index contributed by atoms with van der Waals surface area (Å²) in [6.45, 7) is 23.4. The number of rotatable bonds is 10. The lowest BCUT2D eigenvalue weighted by Gasteiger charge is -2.72. The number of carboxylic acids is 1. The second-order valence-corrected chi connectivity index (χ2v) is 18.7. The summed E-state index contributed by atoms with van der Waals surface area (Å²) in [5.41, 5.74) is 0.374. The van der Waals surface area contributed by atoms with E-state index in [0.29, 0.717) is 36.9 Å². The average molecular weight is 657 g/mol. The number of allylic oxidation sites excluding steroid dienone is 1. The lowest BCUT2D eigenvalue weighted by molar-refractivity contribution is -0.251. The molecular formula is C40H64O7. The van der Waals surface area contributed by atoms with E-state index in [1.807, 2.05) is 13.8 Å². The molecule has 0 amide bonds. The van der Waals surface area contributed by atoms with Gasteiger partial charge in [0.1, 0.15) is 12.7 Å². The predicted octanol–water partition coefficient (Wildman–Crippen LogP) is 8.64. The molecule has 0 unspecified atom stereocenters. The van der Waals surface area contributed by atoms with Gasteiger partial charge in [-0.2, -0.15) is 0 Å². The maximum atomic E-state index is 14.0. The summed E-state index contributed by atoms with van der Waals surface area (Å²) in [4.78, 5) is 38.5. The second-order valence-electron chi connectivity index (χ2n) is 18.7. The van der Waals surface area contributed by atoms with E-state index in [-0.39, 0.29) is 58.5 Å². The minimum absolute atomic E-state index is 0.00531. The third kappa shape index (κ3) is 5.80. The van der Waals surface area contributed by atoms with E-state index in [2.05, 4.69) is 48.1 Å². The van der Waals surface area contributed by atoms with Gasteiger partial charge in [0, 0.05) is 12.5 Å². The molecule has 0 saturated heterocycles. The molecule has 1 N–H and O–H groups in total. The lowest BCUT2D eigenvalue weighted by atomic mass is 9.32. The Labute approximate surface area is 284 Å². The minimum atomic E-state index is -0.890. The van der Waals surface area contributed by atoms with E-state index in [1.54, 1.807) is 7.11 Å². The van der Waals surface area contributed by atoms with Crippen LogP contribution in [0.5, 0.6) is 0 Å². The highest BCUT2D eigenvalue weighted by Gasteiger charge is 2.72. The van der Waals surface area contributed by atoms with Gasteiger partial charge < -0.3 is 19.3 Å². The fourth-order valence-corrected chi connectivity index (χ4v) is 13.1. The van der Waals surface area contributed by atoms with E-state index in [9.17, 15) is 19.5 Å². The van der Waals surface area contributed by atoms with Crippen molar-refractivity contribution in [2.24, 2.45) is 62.1 Å². The van der Waals surface area contributed by atoms with Gasteiger partial charge in [-0.3, -0.25) is 14.4 Å². The number of carboxylic acid groups (broad SMARTS) is 1. The lowest BCUT2D eigenvalue weighted by Crippen LogP contribution is -2.67. The number of esters is 2. The Kier molecular flexibility index (Phi) is 9.65. The highest BCUT2D eigenvalue weighted by atomic mass is 16.6. The van der Waals surface area contributed by atoms with E-state index in [4.69, 9.17) is 14.2 Å². The Morgan fingerprint density at radius 3 is 2.17 bits per heavy atom. The van der Waals surface area contributed by atoms with Gasteiger partial charge in [-0.05, 0) is 122 Å². The molecule has 0 spiro atoms. The summed E-state index contributed by atoms with van der Waals surface area (Å²) >= 11 is 0. The zero-order valence-corrected chi connectivity index (χ0v) is 31.0. The molecule has 47 heavy (non-hydrogen) atoms. The number of aliphatic carboxylic acids is 1. The molecular weight excluding hydrogens is 592 g/mol. The summed E-state index contributed by atoms with van der Waals surface area (Å²) in [6.07, 6.45) is 10.2. The molecule has 7 nitrogen and oxygen atoms in total. The van der Waals surface area contributed by atoms with Crippen LogP contribution in [0.2, 0.25) is 0 Å². The summed E-state index contributed by atoms with van der Waals surface area (Å²) < 4.78 is 17.4. The van der Waals surface area contributed by atoms with Crippen LogP contribution in [0.25, 0.3) is 0 Å². The van der Waals surface area contributed by atoms with Crippen LogP contribution in [-0.2, 0) is 28.6 Å². The van der Waals surface area contributed by atoms with Crippen LogP contribution in [0.3, 0.4) is 0 Å². The Morgan fingerprint density at radius 2 is 1.53 bits per heavy atom. The molecule has 5 aliphatic rings. The monoisotopic (exact) mass is 656 g/mol. The zero-order chi connectivity index (χ0) is 34.8. The first-order valence-electron chi connectivity index (χ1n) is 18.5. The Morgan fingerprint density at radius 1 is 0.830 bits per heavy atom. The van der Waals surface area contributed by atoms with Gasteiger partial charge in [0.15, 0.2) is 0 Å². The highest BCUT2D eigenvalue weighted by molar-refractivity contribution is 5.78. The molecule has 7 heteroatoms. The summed E-state index contributed by atoms with van der Waals surface area (Å²) in [7, 11) is 1.65. The smallest absolute Gasteiger partial charge is 0.312 e. The molecule has 0 bridgehead atoms. The van der Waals surface area contributed by atoms with E-state index >= 15 is 0 Å². The van der Waals surface area contributed by atoms with Crippen molar-refractivity contribution < 1.29 is 33.7 Å². The number of methoxy groups -OCH3 is 1. The average Bonchev–Trinajstić information content (AvgIpc) is 3.35. The van der Waals surface area contributed by atoms with Gasteiger partial charge in [-0.15, -0.1) is 0 Å². The molecule has 5 aliphatic carbocycles. The summed E-state index contributed by atoms with van der Waals surface area (Å²) in [5.74, 6) is 0.901. The number of hydrogen-bond donors (Lipinski definition) is 1. The van der Waals surface area contributed by atoms with Crippen LogP contribution < -0.4 is 0 Å². The molecule has 5 saturated carbocycles. The van der Waals surface area contributed by atoms with Gasteiger partial charge in [0.25, 0.3) is 0 Å². The first-order chi connectivity index (χ1) is 21.8. The van der Waals surface area contributed by atoms with Gasteiger partial charge in [0.05, 0.1) is 24.9 Å². The van der Waals surface area contributed by atoms with Crippen molar-refractivity contribution in [2.75, 3.05) is 20.3 Å². The van der Waals surface area contributed by atoms with E-state index in [0.717, 1.165) is 57.8 Å². The number of ether oxygens (including phenoxy) is 3. The van der Waals surface area contributed by atoms with Gasteiger partial charge in [-0.25, -0.2) is 0 Å². The second kappa shape index (κ2) is 12.5. The maximum Gasteiger partial charge on any atom is 0.312 e. The van der Waals surface area contributed by atoms with Crippen LogP contribution in [-0.4, -0.2) is 49.4 Å². The minimum Gasteiger partial charge on any atom is -0.481 e. The van der Waals surface area contributed by atoms with Crippen molar-refractivity contribution in [1.82, 2.24) is 0 Å². The van der Waals surface area contributed by atoms with E-state index < -0.39 is 16.8 Å². The number of carbonyl (C=O) groups excluding carboxylic acids is 2. The molecule has 0 aromatic carbocycles. The molecule has 0 aromatic rings. The van der Waals surface area contributed by atoms with Crippen molar-refractivity contribution in [3.63, 3.8) is 0 Å². The molecule has 0 aromatic heterocycles. The first kappa shape index (κ1) is 36.4. The van der Waals surface area contributed by atoms with Gasteiger partial charge >= 0.3 is 17.9 Å². The Balaban J connectivity index is 1.39. The molecule has 0 radical (unpaired) electrons. The third-order valence-corrected chi connectivity index (χ3v) is 15.5. The van der Waals surface area contributed by atoms with Crippen molar-refractivity contribution in [3.05, 3.63) is 12.2 Å². The number of carbonyl (C=O) groups is 3. The van der Waals surface area contributed by atoms with Crippen molar-refractivity contribution in [2.45, 2.75) is 139 Å². The zero-order valence-electron chi connectivity index (χ0n) is 31.0. The fraction of sp³-hybridized carbons (Fsp3) is 0.875. The van der Waals surface area contributed by atoms with Gasteiger partial charge in [-0.1, -0.05) is 60.6 Å². The molecule has 266 valence electrons. The van der Waals surface area contributed by atoms with Crippen LogP contribution >= 0.6 is 0 Å². The Bertz CT molecular complexity index is 1250.